The van der Waals surface area contributed by atoms with E-state index in [0.29, 0.717) is 12.5 Å². The normalized spacial score (nSPS) is 28.5. The number of nitrogens with one attached hydrogen (secondary N) is 1. The molecule has 3 unspecified atom stereocenters. The summed E-state index contributed by atoms with van der Waals surface area (Å²) in [5, 5.41) is 12.5. The third-order valence-electron chi connectivity index (χ3n) is 2.95. The van der Waals surface area contributed by atoms with Crippen LogP contribution < -0.4 is 5.32 Å². The van der Waals surface area contributed by atoms with E-state index in [2.05, 4.69) is 12.2 Å². The molecule has 0 aromatic carbocycles. The first-order valence-electron chi connectivity index (χ1n) is 5.68. The van der Waals surface area contributed by atoms with E-state index in [4.69, 9.17) is 0 Å². The molecule has 0 radical (unpaired) electrons. The van der Waals surface area contributed by atoms with Gasteiger partial charge in [0.25, 0.3) is 0 Å². The Hall–Kier alpha value is -0.610. The molecule has 88 valence electrons. The summed E-state index contributed by atoms with van der Waals surface area (Å²) in [5.74, 6) is 0.491. The predicted octanol–water partition coefficient (Wildman–Crippen LogP) is 0.214. The van der Waals surface area contributed by atoms with Crippen LogP contribution in [0.5, 0.6) is 0 Å². The lowest BCUT2D eigenvalue weighted by atomic mass is 9.92. The van der Waals surface area contributed by atoms with Crippen molar-refractivity contribution in [2.45, 2.75) is 38.8 Å². The Morgan fingerprint density at radius 1 is 1.67 bits per heavy atom. The Morgan fingerprint density at radius 2 is 2.33 bits per heavy atom. The molecule has 0 bridgehead atoms. The van der Waals surface area contributed by atoms with Crippen molar-refractivity contribution in [1.82, 2.24) is 10.2 Å². The molecule has 2 N–H and O–H groups in total. The molecule has 1 saturated heterocycles. The number of carbonyl (C=O) groups excluding carboxylic acids is 1. The standard InChI is InChI=1S/C11H22N2O2/c1-8-5-4-6-12-10(8)11(15)13(3)7-9(2)14/h8-10,12,14H,4-7H2,1-3H3. The highest BCUT2D eigenvalue weighted by Gasteiger charge is 2.29. The van der Waals surface area contributed by atoms with Gasteiger partial charge in [-0.25, -0.2) is 0 Å². The summed E-state index contributed by atoms with van der Waals surface area (Å²) in [5.41, 5.74) is 0. The average molecular weight is 214 g/mol. The highest BCUT2D eigenvalue weighted by atomic mass is 16.3. The number of aliphatic hydroxyl groups excluding tert-OH is 1. The van der Waals surface area contributed by atoms with Crippen LogP contribution in [0.3, 0.4) is 0 Å². The van der Waals surface area contributed by atoms with Crippen LogP contribution in [0.4, 0.5) is 0 Å². The third-order valence-corrected chi connectivity index (χ3v) is 2.95. The van der Waals surface area contributed by atoms with Crippen LogP contribution in [0.25, 0.3) is 0 Å². The summed E-state index contributed by atoms with van der Waals surface area (Å²) in [6, 6.07) is -0.0671. The first kappa shape index (κ1) is 12.5. The second kappa shape index (κ2) is 5.47. The summed E-state index contributed by atoms with van der Waals surface area (Å²) in [4.78, 5) is 13.6. The Bertz CT molecular complexity index is 219. The molecule has 0 aromatic heterocycles. The van der Waals surface area contributed by atoms with Gasteiger partial charge in [0.1, 0.15) is 0 Å². The smallest absolute Gasteiger partial charge is 0.239 e. The fourth-order valence-electron chi connectivity index (χ4n) is 2.10. The molecule has 0 aromatic rings. The Balaban J connectivity index is 2.50. The van der Waals surface area contributed by atoms with Crippen molar-refractivity contribution in [3.8, 4) is 0 Å². The summed E-state index contributed by atoms with van der Waals surface area (Å²) >= 11 is 0. The van der Waals surface area contributed by atoms with Gasteiger partial charge in [-0.15, -0.1) is 0 Å². The number of hydrogen-bond donors (Lipinski definition) is 2. The SMILES string of the molecule is CC(O)CN(C)C(=O)C1NCCCC1C. The van der Waals surface area contributed by atoms with Gasteiger partial charge >= 0.3 is 0 Å². The van der Waals surface area contributed by atoms with Gasteiger partial charge in [-0.1, -0.05) is 6.92 Å². The first-order chi connectivity index (χ1) is 7.02. The van der Waals surface area contributed by atoms with Gasteiger partial charge in [0, 0.05) is 13.6 Å². The molecular formula is C11H22N2O2. The van der Waals surface area contributed by atoms with Gasteiger partial charge in [0.05, 0.1) is 12.1 Å². The second-order valence-corrected chi connectivity index (χ2v) is 4.62. The van der Waals surface area contributed by atoms with Crippen LogP contribution in [-0.2, 0) is 4.79 Å². The summed E-state index contributed by atoms with van der Waals surface area (Å²) in [6.45, 7) is 5.12. The molecule has 1 heterocycles. The molecule has 4 nitrogen and oxygen atoms in total. The molecular weight excluding hydrogens is 192 g/mol. The molecule has 15 heavy (non-hydrogen) atoms. The van der Waals surface area contributed by atoms with Crippen molar-refractivity contribution in [3.05, 3.63) is 0 Å². The summed E-state index contributed by atoms with van der Waals surface area (Å²) < 4.78 is 0. The van der Waals surface area contributed by atoms with Crippen LogP contribution in [0, 0.1) is 5.92 Å². The van der Waals surface area contributed by atoms with Crippen LogP contribution >= 0.6 is 0 Å². The monoisotopic (exact) mass is 214 g/mol. The van der Waals surface area contributed by atoms with E-state index in [-0.39, 0.29) is 11.9 Å². The van der Waals surface area contributed by atoms with Crippen molar-refractivity contribution in [2.24, 2.45) is 5.92 Å². The van der Waals surface area contributed by atoms with E-state index >= 15 is 0 Å². The minimum Gasteiger partial charge on any atom is -0.392 e. The Labute approximate surface area is 91.6 Å². The number of aliphatic hydroxyl groups is 1. The summed E-state index contributed by atoms with van der Waals surface area (Å²) in [6.07, 6.45) is 1.79. The van der Waals surface area contributed by atoms with Gasteiger partial charge in [-0.3, -0.25) is 4.79 Å². The largest absolute Gasteiger partial charge is 0.392 e. The van der Waals surface area contributed by atoms with Gasteiger partial charge < -0.3 is 15.3 Å². The lowest BCUT2D eigenvalue weighted by Gasteiger charge is -2.32. The second-order valence-electron chi connectivity index (χ2n) is 4.62. The van der Waals surface area contributed by atoms with E-state index in [9.17, 15) is 9.90 Å². The summed E-state index contributed by atoms with van der Waals surface area (Å²) in [7, 11) is 1.75. The Morgan fingerprint density at radius 3 is 2.87 bits per heavy atom. The fraction of sp³-hybridized carbons (Fsp3) is 0.909. The maximum absolute atomic E-state index is 12.0. The number of nitrogens with zero attached hydrogens (tertiary/aromatic N) is 1. The number of likely N-dealkylation sites (N-methyl/N-ethyl adjacent to an activating group) is 1. The van der Waals surface area contributed by atoms with Crippen LogP contribution in [-0.4, -0.2) is 48.2 Å². The quantitative estimate of drug-likeness (QED) is 0.706. The van der Waals surface area contributed by atoms with E-state index in [1.807, 2.05) is 0 Å². The maximum Gasteiger partial charge on any atom is 0.239 e. The number of amides is 1. The van der Waals surface area contributed by atoms with E-state index in [1.165, 1.54) is 0 Å². The van der Waals surface area contributed by atoms with Gasteiger partial charge in [-0.05, 0) is 32.2 Å². The molecule has 1 aliphatic heterocycles. The van der Waals surface area contributed by atoms with Crippen molar-refractivity contribution < 1.29 is 9.90 Å². The van der Waals surface area contributed by atoms with Crippen LogP contribution in [0.15, 0.2) is 0 Å². The molecule has 0 spiro atoms. The van der Waals surface area contributed by atoms with Crippen LogP contribution in [0.1, 0.15) is 26.7 Å². The lowest BCUT2D eigenvalue weighted by molar-refractivity contribution is -0.135. The van der Waals surface area contributed by atoms with E-state index < -0.39 is 6.10 Å². The predicted molar refractivity (Wildman–Crippen MR) is 59.5 cm³/mol. The topological polar surface area (TPSA) is 52.6 Å². The molecule has 0 aliphatic carbocycles. The van der Waals surface area contributed by atoms with Gasteiger partial charge in [0.2, 0.25) is 5.91 Å². The van der Waals surface area contributed by atoms with Crippen molar-refractivity contribution >= 4 is 5.91 Å². The number of hydrogen-bond acceptors (Lipinski definition) is 3. The number of piperidine rings is 1. The third kappa shape index (κ3) is 3.47. The maximum atomic E-state index is 12.0. The number of rotatable bonds is 3. The van der Waals surface area contributed by atoms with Crippen molar-refractivity contribution in [1.29, 1.82) is 0 Å². The highest BCUT2D eigenvalue weighted by Crippen LogP contribution is 2.17. The fourth-order valence-corrected chi connectivity index (χ4v) is 2.10. The molecule has 1 rings (SSSR count). The van der Waals surface area contributed by atoms with Crippen LogP contribution in [0.2, 0.25) is 0 Å². The van der Waals surface area contributed by atoms with Crippen molar-refractivity contribution in [2.75, 3.05) is 20.1 Å². The number of carbonyl (C=O) groups is 1. The van der Waals surface area contributed by atoms with Gasteiger partial charge in [0.15, 0.2) is 0 Å². The van der Waals surface area contributed by atoms with E-state index in [0.717, 1.165) is 19.4 Å². The Kier molecular flexibility index (Phi) is 4.54. The molecule has 1 amide bonds. The minimum absolute atomic E-state index is 0.0671. The molecule has 3 atom stereocenters. The lowest BCUT2D eigenvalue weighted by Crippen LogP contribution is -2.52. The highest BCUT2D eigenvalue weighted by molar-refractivity contribution is 5.82. The zero-order chi connectivity index (χ0) is 11.4. The average Bonchev–Trinajstić information content (AvgIpc) is 2.16. The molecule has 1 fully saturated rings. The minimum atomic E-state index is -0.460. The van der Waals surface area contributed by atoms with E-state index in [1.54, 1.807) is 18.9 Å². The molecule has 4 heteroatoms. The molecule has 1 aliphatic rings. The molecule has 0 saturated carbocycles. The zero-order valence-electron chi connectivity index (χ0n) is 9.86. The first-order valence-corrected chi connectivity index (χ1v) is 5.68. The van der Waals surface area contributed by atoms with Gasteiger partial charge in [-0.2, -0.15) is 0 Å². The zero-order valence-corrected chi connectivity index (χ0v) is 9.86. The van der Waals surface area contributed by atoms with Crippen molar-refractivity contribution in [3.63, 3.8) is 0 Å².